The summed E-state index contributed by atoms with van der Waals surface area (Å²) in [6.45, 7) is 6.56. The van der Waals surface area contributed by atoms with Crippen LogP contribution in [0, 0.1) is 13.8 Å². The summed E-state index contributed by atoms with van der Waals surface area (Å²) in [5.74, 6) is 1.75. The maximum absolute atomic E-state index is 12.1. The highest BCUT2D eigenvalue weighted by molar-refractivity contribution is 5.80. The third-order valence-electron chi connectivity index (χ3n) is 3.61. The topological polar surface area (TPSA) is 56.8 Å². The summed E-state index contributed by atoms with van der Waals surface area (Å²) in [5, 5.41) is 2.81. The number of carbonyl (C=O) groups excluding carboxylic acids is 1. The lowest BCUT2D eigenvalue weighted by atomic mass is 10.1. The smallest absolute Gasteiger partial charge is 0.260 e. The minimum Gasteiger partial charge on any atom is -0.493 e. The second-order valence-corrected chi connectivity index (χ2v) is 5.87. The van der Waals surface area contributed by atoms with Crippen LogP contribution in [-0.2, 0) is 4.79 Å². The van der Waals surface area contributed by atoms with E-state index in [2.05, 4.69) is 11.4 Å². The number of carbonyl (C=O) groups is 1. The van der Waals surface area contributed by atoms with Gasteiger partial charge >= 0.3 is 0 Å². The standard InChI is InChI=1S/C20H25NO4/c1-14-11-15(2)13-17(12-14)24-10-9-21-20(22)16(3)25-19-8-6-5-7-18(19)23-4/h5-8,11-13,16H,9-10H2,1-4H3,(H,21,22)/t16-/m0/s1. The molecule has 0 aromatic heterocycles. The minimum atomic E-state index is -0.627. The summed E-state index contributed by atoms with van der Waals surface area (Å²) >= 11 is 0. The van der Waals surface area contributed by atoms with Gasteiger partial charge in [0.15, 0.2) is 17.6 Å². The number of aryl methyl sites for hydroxylation is 2. The van der Waals surface area contributed by atoms with Crippen LogP contribution in [0.3, 0.4) is 0 Å². The SMILES string of the molecule is COc1ccccc1O[C@@H](C)C(=O)NCCOc1cc(C)cc(C)c1. The van der Waals surface area contributed by atoms with Crippen LogP contribution in [0.4, 0.5) is 0 Å². The maximum Gasteiger partial charge on any atom is 0.260 e. The van der Waals surface area contributed by atoms with Crippen LogP contribution in [0.25, 0.3) is 0 Å². The number of hydrogen-bond acceptors (Lipinski definition) is 4. The van der Waals surface area contributed by atoms with E-state index in [1.165, 1.54) is 0 Å². The Morgan fingerprint density at radius 2 is 1.72 bits per heavy atom. The average molecular weight is 343 g/mol. The highest BCUT2D eigenvalue weighted by atomic mass is 16.5. The summed E-state index contributed by atoms with van der Waals surface area (Å²) in [6, 6.07) is 13.3. The number of benzene rings is 2. The second-order valence-electron chi connectivity index (χ2n) is 5.87. The number of rotatable bonds is 8. The van der Waals surface area contributed by atoms with Crippen molar-refractivity contribution in [1.82, 2.24) is 5.32 Å². The first kappa shape index (κ1) is 18.6. The molecule has 1 atom stereocenters. The van der Waals surface area contributed by atoms with Crippen LogP contribution in [-0.4, -0.2) is 32.3 Å². The quantitative estimate of drug-likeness (QED) is 0.748. The molecule has 0 unspecified atom stereocenters. The van der Waals surface area contributed by atoms with Gasteiger partial charge in [-0.05, 0) is 56.2 Å². The Labute approximate surface area is 148 Å². The molecule has 5 heteroatoms. The average Bonchev–Trinajstić information content (AvgIpc) is 2.58. The zero-order valence-electron chi connectivity index (χ0n) is 15.2. The molecule has 0 bridgehead atoms. The van der Waals surface area contributed by atoms with Crippen molar-refractivity contribution in [3.63, 3.8) is 0 Å². The van der Waals surface area contributed by atoms with Crippen LogP contribution in [0.15, 0.2) is 42.5 Å². The van der Waals surface area contributed by atoms with Gasteiger partial charge in [-0.1, -0.05) is 18.2 Å². The molecule has 0 spiro atoms. The van der Waals surface area contributed by atoms with Gasteiger partial charge in [0.25, 0.3) is 5.91 Å². The lowest BCUT2D eigenvalue weighted by Gasteiger charge is -2.16. The molecule has 0 radical (unpaired) electrons. The van der Waals surface area contributed by atoms with Crippen molar-refractivity contribution < 1.29 is 19.0 Å². The number of ether oxygens (including phenoxy) is 3. The van der Waals surface area contributed by atoms with E-state index in [0.717, 1.165) is 16.9 Å². The van der Waals surface area contributed by atoms with Gasteiger partial charge in [0.05, 0.1) is 13.7 Å². The second kappa shape index (κ2) is 8.97. The molecule has 2 aromatic rings. The number of methoxy groups -OCH3 is 1. The van der Waals surface area contributed by atoms with E-state index < -0.39 is 6.10 Å². The molecule has 0 aliphatic heterocycles. The predicted octanol–water partition coefficient (Wildman–Crippen LogP) is 3.27. The Hall–Kier alpha value is -2.69. The molecule has 134 valence electrons. The largest absolute Gasteiger partial charge is 0.493 e. The fraction of sp³-hybridized carbons (Fsp3) is 0.350. The predicted molar refractivity (Wildman–Crippen MR) is 97.5 cm³/mol. The molecule has 25 heavy (non-hydrogen) atoms. The van der Waals surface area contributed by atoms with E-state index in [1.54, 1.807) is 26.2 Å². The van der Waals surface area contributed by atoms with Crippen molar-refractivity contribution in [1.29, 1.82) is 0 Å². The third-order valence-corrected chi connectivity index (χ3v) is 3.61. The zero-order valence-corrected chi connectivity index (χ0v) is 15.2. The third kappa shape index (κ3) is 5.71. The molecular weight excluding hydrogens is 318 g/mol. The first-order chi connectivity index (χ1) is 12.0. The highest BCUT2D eigenvalue weighted by Gasteiger charge is 2.16. The van der Waals surface area contributed by atoms with E-state index in [4.69, 9.17) is 14.2 Å². The molecular formula is C20H25NO4. The van der Waals surface area contributed by atoms with Crippen LogP contribution < -0.4 is 19.5 Å². The zero-order chi connectivity index (χ0) is 18.2. The summed E-state index contributed by atoms with van der Waals surface area (Å²) in [5.41, 5.74) is 2.30. The Morgan fingerprint density at radius 3 is 2.36 bits per heavy atom. The number of hydrogen-bond donors (Lipinski definition) is 1. The Kier molecular flexibility index (Phi) is 6.69. The molecule has 0 saturated heterocycles. The van der Waals surface area contributed by atoms with E-state index in [9.17, 15) is 4.79 Å². The molecule has 0 aliphatic rings. The number of para-hydroxylation sites is 2. The highest BCUT2D eigenvalue weighted by Crippen LogP contribution is 2.26. The Morgan fingerprint density at radius 1 is 1.08 bits per heavy atom. The normalized spacial score (nSPS) is 11.5. The Bertz CT molecular complexity index is 694. The number of amides is 1. The van der Waals surface area contributed by atoms with Gasteiger partial charge in [0.1, 0.15) is 12.4 Å². The summed E-state index contributed by atoms with van der Waals surface area (Å²) in [4.78, 5) is 12.1. The van der Waals surface area contributed by atoms with Crippen molar-refractivity contribution in [3.8, 4) is 17.2 Å². The lowest BCUT2D eigenvalue weighted by Crippen LogP contribution is -2.38. The fourth-order valence-electron chi connectivity index (χ4n) is 2.46. The van der Waals surface area contributed by atoms with Crippen LogP contribution in [0.1, 0.15) is 18.1 Å². The van der Waals surface area contributed by atoms with Crippen molar-refractivity contribution >= 4 is 5.91 Å². The van der Waals surface area contributed by atoms with Gasteiger partial charge in [-0.2, -0.15) is 0 Å². The fourth-order valence-corrected chi connectivity index (χ4v) is 2.46. The van der Waals surface area contributed by atoms with Crippen LogP contribution in [0.5, 0.6) is 17.2 Å². The van der Waals surface area contributed by atoms with Gasteiger partial charge in [-0.3, -0.25) is 4.79 Å². The Balaban J connectivity index is 1.77. The molecule has 0 aliphatic carbocycles. The minimum absolute atomic E-state index is 0.199. The first-order valence-corrected chi connectivity index (χ1v) is 8.28. The van der Waals surface area contributed by atoms with Gasteiger partial charge in [0, 0.05) is 0 Å². The van der Waals surface area contributed by atoms with Gasteiger partial charge in [-0.25, -0.2) is 0 Å². The van der Waals surface area contributed by atoms with E-state index >= 15 is 0 Å². The van der Waals surface area contributed by atoms with E-state index in [1.807, 2.05) is 38.1 Å². The van der Waals surface area contributed by atoms with Crippen LogP contribution >= 0.6 is 0 Å². The van der Waals surface area contributed by atoms with Gasteiger partial charge in [-0.15, -0.1) is 0 Å². The summed E-state index contributed by atoms with van der Waals surface area (Å²) in [6.07, 6.45) is -0.627. The maximum atomic E-state index is 12.1. The van der Waals surface area contributed by atoms with E-state index in [0.29, 0.717) is 24.7 Å². The van der Waals surface area contributed by atoms with E-state index in [-0.39, 0.29) is 5.91 Å². The van der Waals surface area contributed by atoms with Crippen molar-refractivity contribution in [2.75, 3.05) is 20.3 Å². The molecule has 1 N–H and O–H groups in total. The summed E-state index contributed by atoms with van der Waals surface area (Å²) in [7, 11) is 1.57. The molecule has 2 aromatic carbocycles. The monoisotopic (exact) mass is 343 g/mol. The molecule has 0 saturated carbocycles. The molecule has 2 rings (SSSR count). The van der Waals surface area contributed by atoms with Crippen molar-refractivity contribution in [2.45, 2.75) is 26.9 Å². The number of nitrogens with one attached hydrogen (secondary N) is 1. The van der Waals surface area contributed by atoms with Gasteiger partial charge in [0.2, 0.25) is 0 Å². The van der Waals surface area contributed by atoms with Crippen molar-refractivity contribution in [3.05, 3.63) is 53.6 Å². The molecule has 0 heterocycles. The van der Waals surface area contributed by atoms with Crippen molar-refractivity contribution in [2.24, 2.45) is 0 Å². The summed E-state index contributed by atoms with van der Waals surface area (Å²) < 4.78 is 16.6. The van der Waals surface area contributed by atoms with Crippen LogP contribution in [0.2, 0.25) is 0 Å². The first-order valence-electron chi connectivity index (χ1n) is 8.28. The molecule has 5 nitrogen and oxygen atoms in total. The molecule has 1 amide bonds. The van der Waals surface area contributed by atoms with Gasteiger partial charge < -0.3 is 19.5 Å². The lowest BCUT2D eigenvalue weighted by molar-refractivity contribution is -0.127. The molecule has 0 fully saturated rings.